The Balaban J connectivity index is 1.39. The van der Waals surface area contributed by atoms with Crippen LogP contribution in [0.25, 0.3) is 21.8 Å². The summed E-state index contributed by atoms with van der Waals surface area (Å²) in [5, 5.41) is 9.70. The normalized spacial score (nSPS) is 14.9. The molecule has 2 aromatic carbocycles. The molecule has 1 amide bonds. The van der Waals surface area contributed by atoms with Gasteiger partial charge in [0.2, 0.25) is 5.91 Å². The number of nitrogens with one attached hydrogen (secondary N) is 1. The summed E-state index contributed by atoms with van der Waals surface area (Å²) in [7, 11) is 0. The fourth-order valence-corrected chi connectivity index (χ4v) is 5.21. The quantitative estimate of drug-likeness (QED) is 0.423. The molecule has 0 saturated carbocycles. The monoisotopic (exact) mass is 491 g/mol. The second kappa shape index (κ2) is 10.6. The number of amides is 1. The molecule has 0 bridgehead atoms. The van der Waals surface area contributed by atoms with Crippen molar-refractivity contribution >= 4 is 39.3 Å². The highest BCUT2D eigenvalue weighted by molar-refractivity contribution is 6.30. The third-order valence-electron chi connectivity index (χ3n) is 6.75. The van der Waals surface area contributed by atoms with Crippen LogP contribution >= 0.6 is 11.6 Å². The molecule has 1 fully saturated rings. The average molecular weight is 492 g/mol. The van der Waals surface area contributed by atoms with Gasteiger partial charge in [0.15, 0.2) is 0 Å². The zero-order valence-corrected chi connectivity index (χ0v) is 20.5. The molecule has 0 aliphatic carbocycles. The molecule has 1 N–H and O–H groups in total. The maximum atomic E-state index is 13.5. The van der Waals surface area contributed by atoms with E-state index in [0.717, 1.165) is 41.5 Å². The van der Waals surface area contributed by atoms with E-state index in [9.17, 15) is 9.59 Å². The number of hydrogen-bond acceptors (Lipinski definition) is 4. The molecule has 3 heterocycles. The Kier molecular flexibility index (Phi) is 7.16. The van der Waals surface area contributed by atoms with Gasteiger partial charge in [-0.25, -0.2) is 4.68 Å². The second-order valence-electron chi connectivity index (χ2n) is 9.21. The van der Waals surface area contributed by atoms with Gasteiger partial charge in [-0.15, -0.1) is 0 Å². The molecule has 0 radical (unpaired) electrons. The summed E-state index contributed by atoms with van der Waals surface area (Å²) in [5.74, 6) is -0.203. The van der Waals surface area contributed by atoms with Crippen molar-refractivity contribution in [2.75, 3.05) is 26.2 Å². The lowest BCUT2D eigenvalue weighted by atomic mass is 10.2. The molecular formula is C27H30ClN5O2. The van der Waals surface area contributed by atoms with E-state index in [4.69, 9.17) is 11.6 Å². The van der Waals surface area contributed by atoms with Crippen molar-refractivity contribution in [1.29, 1.82) is 0 Å². The fourth-order valence-electron chi connectivity index (χ4n) is 4.99. The number of hydrogen-bond donors (Lipinski definition) is 1. The first-order chi connectivity index (χ1) is 17.1. The second-order valence-corrected chi connectivity index (χ2v) is 9.65. The summed E-state index contributed by atoms with van der Waals surface area (Å²) < 4.78 is 3.25. The van der Waals surface area contributed by atoms with Gasteiger partial charge in [-0.2, -0.15) is 5.10 Å². The van der Waals surface area contributed by atoms with Crippen LogP contribution in [0.4, 0.5) is 0 Å². The molecule has 7 nitrogen and oxygen atoms in total. The first-order valence-electron chi connectivity index (χ1n) is 12.3. The van der Waals surface area contributed by atoms with Crippen molar-refractivity contribution in [3.8, 4) is 0 Å². The van der Waals surface area contributed by atoms with E-state index in [-0.39, 0.29) is 18.0 Å². The molecule has 8 heteroatoms. The molecule has 0 unspecified atom stereocenters. The number of benzene rings is 2. The van der Waals surface area contributed by atoms with Gasteiger partial charge in [0.1, 0.15) is 12.1 Å². The number of aromatic nitrogens is 3. The van der Waals surface area contributed by atoms with Crippen LogP contribution in [0.3, 0.4) is 0 Å². The molecule has 1 aliphatic heterocycles. The van der Waals surface area contributed by atoms with Gasteiger partial charge < -0.3 is 14.8 Å². The zero-order chi connectivity index (χ0) is 24.2. The number of carbonyl (C=O) groups excluding carboxylic acids is 1. The van der Waals surface area contributed by atoms with Gasteiger partial charge in [0.05, 0.1) is 6.20 Å². The van der Waals surface area contributed by atoms with E-state index >= 15 is 0 Å². The predicted molar refractivity (Wildman–Crippen MR) is 140 cm³/mol. The van der Waals surface area contributed by atoms with Crippen LogP contribution in [0, 0.1) is 0 Å². The minimum atomic E-state index is -0.275. The fraction of sp³-hybridized carbons (Fsp3) is 0.370. The van der Waals surface area contributed by atoms with Crippen molar-refractivity contribution in [2.24, 2.45) is 0 Å². The molecule has 182 valence electrons. The predicted octanol–water partition coefficient (Wildman–Crippen LogP) is 4.05. The lowest BCUT2D eigenvalue weighted by molar-refractivity contribution is -0.121. The van der Waals surface area contributed by atoms with E-state index in [1.54, 1.807) is 6.20 Å². The van der Waals surface area contributed by atoms with Crippen molar-refractivity contribution in [3.05, 3.63) is 75.7 Å². The Bertz CT molecular complexity index is 1400. The van der Waals surface area contributed by atoms with E-state index in [1.165, 1.54) is 30.4 Å². The number of halogens is 1. The molecule has 35 heavy (non-hydrogen) atoms. The van der Waals surface area contributed by atoms with Gasteiger partial charge in [0, 0.05) is 40.9 Å². The summed E-state index contributed by atoms with van der Waals surface area (Å²) in [6.45, 7) is 3.97. The number of fused-ring (bicyclic) bond motifs is 3. The maximum Gasteiger partial charge on any atom is 0.291 e. The van der Waals surface area contributed by atoms with Crippen LogP contribution in [0.1, 0.15) is 31.2 Å². The molecule has 1 saturated heterocycles. The lowest BCUT2D eigenvalue weighted by Gasteiger charge is -2.19. The Morgan fingerprint density at radius 2 is 1.80 bits per heavy atom. The van der Waals surface area contributed by atoms with Crippen molar-refractivity contribution < 1.29 is 4.79 Å². The van der Waals surface area contributed by atoms with E-state index in [1.807, 2.05) is 53.1 Å². The molecule has 0 atom stereocenters. The lowest BCUT2D eigenvalue weighted by Crippen LogP contribution is -2.38. The van der Waals surface area contributed by atoms with Crippen molar-refractivity contribution in [1.82, 2.24) is 24.6 Å². The highest BCUT2D eigenvalue weighted by Gasteiger charge is 2.17. The van der Waals surface area contributed by atoms with Crippen LogP contribution in [-0.4, -0.2) is 51.3 Å². The average Bonchev–Trinajstić information content (AvgIpc) is 2.98. The van der Waals surface area contributed by atoms with Gasteiger partial charge in [-0.1, -0.05) is 54.8 Å². The number of carbonyl (C=O) groups is 1. The molecule has 4 aromatic rings. The Hall–Kier alpha value is -3.16. The van der Waals surface area contributed by atoms with Crippen molar-refractivity contribution in [3.63, 3.8) is 0 Å². The third-order valence-corrected chi connectivity index (χ3v) is 6.98. The summed E-state index contributed by atoms with van der Waals surface area (Å²) in [6.07, 6.45) is 6.70. The first kappa shape index (κ1) is 23.6. The van der Waals surface area contributed by atoms with Crippen LogP contribution in [-0.2, 0) is 17.9 Å². The molecule has 1 aliphatic rings. The standard InChI is InChI=1S/C27H30ClN5O2/c28-21-9-7-8-20(16-21)18-32-24-11-4-3-10-22(24)23-17-30-33(27(35)26(23)32)19-25(34)29-12-15-31-13-5-1-2-6-14-31/h3-4,7-11,16-17H,1-2,5-6,12-15,18-19H2,(H,29,34). The number of para-hydroxylation sites is 1. The van der Waals surface area contributed by atoms with E-state index in [2.05, 4.69) is 15.3 Å². The summed E-state index contributed by atoms with van der Waals surface area (Å²) >= 11 is 6.20. The molecular weight excluding hydrogens is 462 g/mol. The largest absolute Gasteiger partial charge is 0.353 e. The topological polar surface area (TPSA) is 72.2 Å². The molecule has 5 rings (SSSR count). The maximum absolute atomic E-state index is 13.5. The summed E-state index contributed by atoms with van der Waals surface area (Å²) in [6, 6.07) is 15.5. The summed E-state index contributed by atoms with van der Waals surface area (Å²) in [5.41, 5.74) is 2.21. The van der Waals surface area contributed by atoms with Gasteiger partial charge in [0.25, 0.3) is 5.56 Å². The minimum Gasteiger partial charge on any atom is -0.353 e. The van der Waals surface area contributed by atoms with Crippen LogP contribution in [0.2, 0.25) is 5.02 Å². The number of likely N-dealkylation sites (tertiary alicyclic amines) is 1. The highest BCUT2D eigenvalue weighted by Crippen LogP contribution is 2.27. The van der Waals surface area contributed by atoms with E-state index < -0.39 is 0 Å². The smallest absolute Gasteiger partial charge is 0.291 e. The van der Waals surface area contributed by atoms with Crippen LogP contribution < -0.4 is 10.9 Å². The SMILES string of the molecule is O=C(Cn1ncc2c3ccccc3n(Cc3cccc(Cl)c3)c2c1=O)NCCN1CCCCCC1. The van der Waals surface area contributed by atoms with Gasteiger partial charge in [-0.05, 0) is 49.7 Å². The van der Waals surface area contributed by atoms with Crippen molar-refractivity contribution in [2.45, 2.75) is 38.8 Å². The molecule has 2 aromatic heterocycles. The first-order valence-corrected chi connectivity index (χ1v) is 12.7. The number of rotatable bonds is 7. The Labute approximate surface area is 209 Å². The van der Waals surface area contributed by atoms with Gasteiger partial charge in [-0.3, -0.25) is 9.59 Å². The number of nitrogens with zero attached hydrogens (tertiary/aromatic N) is 4. The summed E-state index contributed by atoms with van der Waals surface area (Å²) in [4.78, 5) is 28.6. The minimum absolute atomic E-state index is 0.104. The van der Waals surface area contributed by atoms with Crippen LogP contribution in [0.15, 0.2) is 59.5 Å². The van der Waals surface area contributed by atoms with E-state index in [0.29, 0.717) is 23.6 Å². The Morgan fingerprint density at radius 3 is 2.60 bits per heavy atom. The zero-order valence-electron chi connectivity index (χ0n) is 19.8. The molecule has 0 spiro atoms. The highest BCUT2D eigenvalue weighted by atomic mass is 35.5. The van der Waals surface area contributed by atoms with Gasteiger partial charge >= 0.3 is 0 Å². The van der Waals surface area contributed by atoms with Crippen LogP contribution in [0.5, 0.6) is 0 Å². The third kappa shape index (κ3) is 5.26. The Morgan fingerprint density at radius 1 is 1.00 bits per heavy atom.